The highest BCUT2D eigenvalue weighted by Gasteiger charge is 2.23. The van der Waals surface area contributed by atoms with Crippen LogP contribution in [-0.4, -0.2) is 29.9 Å². The topological polar surface area (TPSA) is 46.3 Å². The van der Waals surface area contributed by atoms with Crippen LogP contribution in [0.3, 0.4) is 0 Å². The van der Waals surface area contributed by atoms with Crippen LogP contribution in [0.2, 0.25) is 0 Å². The molecule has 16 heavy (non-hydrogen) atoms. The average Bonchev–Trinajstić information content (AvgIpc) is 2.59. The van der Waals surface area contributed by atoms with E-state index >= 15 is 0 Å². The standard InChI is InChI=1S/C10H12Br2N2OS/c11-7-5-8(16-9(7)12)10(15)14-3-1-6(13)2-4-14/h5-6H,1-4,13H2. The first-order valence-electron chi connectivity index (χ1n) is 5.07. The van der Waals surface area contributed by atoms with E-state index in [0.717, 1.165) is 39.1 Å². The number of carbonyl (C=O) groups excluding carboxylic acids is 1. The van der Waals surface area contributed by atoms with Gasteiger partial charge in [0.25, 0.3) is 5.91 Å². The van der Waals surface area contributed by atoms with Crippen molar-refractivity contribution < 1.29 is 4.79 Å². The number of hydrogen-bond donors (Lipinski definition) is 1. The third-order valence-corrected chi connectivity index (χ3v) is 5.93. The van der Waals surface area contributed by atoms with Crippen LogP contribution in [-0.2, 0) is 0 Å². The highest BCUT2D eigenvalue weighted by atomic mass is 79.9. The molecule has 2 heterocycles. The molecule has 0 bridgehead atoms. The van der Waals surface area contributed by atoms with Crippen LogP contribution < -0.4 is 5.73 Å². The van der Waals surface area contributed by atoms with Gasteiger partial charge < -0.3 is 10.6 Å². The van der Waals surface area contributed by atoms with E-state index < -0.39 is 0 Å². The Morgan fingerprint density at radius 2 is 2.06 bits per heavy atom. The molecule has 0 aromatic carbocycles. The molecule has 2 rings (SSSR count). The number of rotatable bonds is 1. The molecule has 0 radical (unpaired) electrons. The second-order valence-electron chi connectivity index (χ2n) is 3.86. The fraction of sp³-hybridized carbons (Fsp3) is 0.500. The van der Waals surface area contributed by atoms with Gasteiger partial charge in [-0.1, -0.05) is 0 Å². The quantitative estimate of drug-likeness (QED) is 0.829. The molecular weight excluding hydrogens is 356 g/mol. The summed E-state index contributed by atoms with van der Waals surface area (Å²) in [5, 5.41) is 0. The summed E-state index contributed by atoms with van der Waals surface area (Å²) >= 11 is 8.25. The number of nitrogens with two attached hydrogens (primary N) is 1. The Balaban J connectivity index is 2.07. The molecule has 88 valence electrons. The molecule has 1 aliphatic rings. The maximum atomic E-state index is 12.1. The van der Waals surface area contributed by atoms with E-state index in [1.54, 1.807) is 0 Å². The Morgan fingerprint density at radius 1 is 1.44 bits per heavy atom. The lowest BCUT2D eigenvalue weighted by molar-refractivity contribution is 0.0719. The molecule has 1 aromatic rings. The minimum atomic E-state index is 0.114. The van der Waals surface area contributed by atoms with Gasteiger partial charge in [0.15, 0.2) is 0 Å². The zero-order valence-electron chi connectivity index (χ0n) is 8.58. The molecule has 3 nitrogen and oxygen atoms in total. The van der Waals surface area contributed by atoms with E-state index in [-0.39, 0.29) is 11.9 Å². The van der Waals surface area contributed by atoms with Crippen LogP contribution in [0.5, 0.6) is 0 Å². The van der Waals surface area contributed by atoms with E-state index in [1.165, 1.54) is 11.3 Å². The Kier molecular flexibility index (Phi) is 4.05. The van der Waals surface area contributed by atoms with Crippen LogP contribution in [0.1, 0.15) is 22.5 Å². The van der Waals surface area contributed by atoms with Crippen molar-refractivity contribution in [3.8, 4) is 0 Å². The predicted molar refractivity (Wildman–Crippen MR) is 72.8 cm³/mol. The summed E-state index contributed by atoms with van der Waals surface area (Å²) in [7, 11) is 0. The second kappa shape index (κ2) is 5.16. The maximum Gasteiger partial charge on any atom is 0.264 e. The first-order chi connectivity index (χ1) is 7.58. The maximum absolute atomic E-state index is 12.1. The Hall–Kier alpha value is 0.0900. The predicted octanol–water partition coefficient (Wildman–Crippen LogP) is 2.84. The molecule has 0 spiro atoms. The summed E-state index contributed by atoms with van der Waals surface area (Å²) in [6.07, 6.45) is 1.80. The van der Waals surface area contributed by atoms with Crippen molar-refractivity contribution in [2.45, 2.75) is 18.9 Å². The normalized spacial score (nSPS) is 17.8. The number of thiophene rings is 1. The monoisotopic (exact) mass is 366 g/mol. The Bertz CT molecular complexity index is 380. The number of halogens is 2. The molecule has 0 aliphatic carbocycles. The SMILES string of the molecule is NC1CCN(C(=O)c2cc(Br)c(Br)s2)CC1. The van der Waals surface area contributed by atoms with Crippen molar-refractivity contribution in [2.75, 3.05) is 13.1 Å². The van der Waals surface area contributed by atoms with E-state index in [4.69, 9.17) is 5.73 Å². The third-order valence-electron chi connectivity index (χ3n) is 2.68. The lowest BCUT2D eigenvalue weighted by Gasteiger charge is -2.29. The van der Waals surface area contributed by atoms with E-state index in [0.29, 0.717) is 0 Å². The van der Waals surface area contributed by atoms with Crippen molar-refractivity contribution in [3.63, 3.8) is 0 Å². The zero-order valence-corrected chi connectivity index (χ0v) is 12.6. The second-order valence-corrected chi connectivity index (χ2v) is 7.09. The van der Waals surface area contributed by atoms with E-state index in [2.05, 4.69) is 31.9 Å². The summed E-state index contributed by atoms with van der Waals surface area (Å²) in [6.45, 7) is 1.54. The minimum absolute atomic E-state index is 0.114. The molecule has 1 aliphatic heterocycles. The molecular formula is C10H12Br2N2OS. The first-order valence-corrected chi connectivity index (χ1v) is 7.48. The summed E-state index contributed by atoms with van der Waals surface area (Å²) in [5.74, 6) is 0.114. The Labute approximate surface area is 115 Å². The average molecular weight is 368 g/mol. The van der Waals surface area contributed by atoms with Crippen molar-refractivity contribution in [2.24, 2.45) is 5.73 Å². The third kappa shape index (κ3) is 2.67. The molecule has 0 atom stereocenters. The van der Waals surface area contributed by atoms with Gasteiger partial charge in [-0.15, -0.1) is 11.3 Å². The molecule has 0 saturated carbocycles. The lowest BCUT2D eigenvalue weighted by Crippen LogP contribution is -2.42. The van der Waals surface area contributed by atoms with Gasteiger partial charge in [0.1, 0.15) is 0 Å². The summed E-state index contributed by atoms with van der Waals surface area (Å²) in [5.41, 5.74) is 5.81. The smallest absolute Gasteiger partial charge is 0.264 e. The van der Waals surface area contributed by atoms with Gasteiger partial charge in [-0.2, -0.15) is 0 Å². The number of nitrogens with zero attached hydrogens (tertiary/aromatic N) is 1. The van der Waals surface area contributed by atoms with Crippen LogP contribution in [0.15, 0.2) is 14.3 Å². The number of piperidine rings is 1. The van der Waals surface area contributed by atoms with Crippen LogP contribution in [0.4, 0.5) is 0 Å². The fourth-order valence-corrected chi connectivity index (χ4v) is 3.71. The molecule has 0 unspecified atom stereocenters. The zero-order chi connectivity index (χ0) is 11.7. The Morgan fingerprint density at radius 3 is 2.56 bits per heavy atom. The summed E-state index contributed by atoms with van der Waals surface area (Å²) in [4.78, 5) is 14.8. The number of amides is 1. The molecule has 1 fully saturated rings. The van der Waals surface area contributed by atoms with Gasteiger partial charge in [-0.05, 0) is 50.8 Å². The van der Waals surface area contributed by atoms with Gasteiger partial charge in [-0.25, -0.2) is 0 Å². The highest BCUT2D eigenvalue weighted by Crippen LogP contribution is 2.33. The van der Waals surface area contributed by atoms with Crippen molar-refractivity contribution in [3.05, 3.63) is 19.2 Å². The fourth-order valence-electron chi connectivity index (χ4n) is 1.71. The molecule has 1 aromatic heterocycles. The molecule has 2 N–H and O–H groups in total. The van der Waals surface area contributed by atoms with Crippen LogP contribution in [0.25, 0.3) is 0 Å². The lowest BCUT2D eigenvalue weighted by atomic mass is 10.1. The van der Waals surface area contributed by atoms with Crippen LogP contribution in [0, 0.1) is 0 Å². The van der Waals surface area contributed by atoms with Gasteiger partial charge in [0.05, 0.1) is 8.66 Å². The van der Waals surface area contributed by atoms with Crippen molar-refractivity contribution in [1.82, 2.24) is 4.90 Å². The molecule has 1 saturated heterocycles. The molecule has 6 heteroatoms. The number of carbonyl (C=O) groups is 1. The van der Waals surface area contributed by atoms with E-state index in [1.807, 2.05) is 11.0 Å². The van der Waals surface area contributed by atoms with Gasteiger partial charge >= 0.3 is 0 Å². The van der Waals surface area contributed by atoms with E-state index in [9.17, 15) is 4.79 Å². The van der Waals surface area contributed by atoms with Crippen LogP contribution >= 0.6 is 43.2 Å². The number of likely N-dealkylation sites (tertiary alicyclic amines) is 1. The van der Waals surface area contributed by atoms with Gasteiger partial charge in [-0.3, -0.25) is 4.79 Å². The minimum Gasteiger partial charge on any atom is -0.338 e. The number of hydrogen-bond acceptors (Lipinski definition) is 3. The highest BCUT2D eigenvalue weighted by molar-refractivity contribution is 9.13. The summed E-state index contributed by atoms with van der Waals surface area (Å²) < 4.78 is 1.90. The van der Waals surface area contributed by atoms with Crippen molar-refractivity contribution in [1.29, 1.82) is 0 Å². The first kappa shape index (κ1) is 12.5. The molecule has 1 amide bonds. The van der Waals surface area contributed by atoms with Gasteiger partial charge in [0, 0.05) is 23.6 Å². The van der Waals surface area contributed by atoms with Crippen molar-refractivity contribution >= 4 is 49.1 Å². The largest absolute Gasteiger partial charge is 0.338 e. The van der Waals surface area contributed by atoms with Gasteiger partial charge in [0.2, 0.25) is 0 Å². The summed E-state index contributed by atoms with van der Waals surface area (Å²) in [6, 6.07) is 2.12.